The van der Waals surface area contributed by atoms with Crippen molar-refractivity contribution in [3.8, 4) is 0 Å². The third-order valence-electron chi connectivity index (χ3n) is 6.23. The van der Waals surface area contributed by atoms with Gasteiger partial charge in [0, 0.05) is 29.5 Å². The lowest BCUT2D eigenvalue weighted by molar-refractivity contribution is -0.165. The SMILES string of the molecule is CC(=O)OCC1=C(C(=O)O)N2C(=O)C(N(C(=O)CCCC(NC(=O)OCC(Cl)(Cl)Cl)C(=O)O)C(=O)Cc3cccs3)[C@@H]2SC1. The van der Waals surface area contributed by atoms with Crippen molar-refractivity contribution in [2.45, 2.75) is 53.9 Å². The Balaban J connectivity index is 1.75. The Bertz CT molecular complexity index is 1350. The summed E-state index contributed by atoms with van der Waals surface area (Å²) in [4.78, 5) is 89.5. The summed E-state index contributed by atoms with van der Waals surface area (Å²) >= 11 is 18.9. The van der Waals surface area contributed by atoms with Crippen molar-refractivity contribution in [3.05, 3.63) is 33.7 Å². The highest BCUT2D eigenvalue weighted by Crippen LogP contribution is 2.43. The number of aliphatic carboxylic acids is 2. The number of alkyl halides is 3. The molecule has 19 heteroatoms. The molecule has 1 fully saturated rings. The van der Waals surface area contributed by atoms with Gasteiger partial charge in [-0.05, 0) is 24.3 Å². The first-order chi connectivity index (χ1) is 20.6. The molecule has 240 valence electrons. The number of nitrogens with one attached hydrogen (secondary N) is 1. The molecule has 44 heavy (non-hydrogen) atoms. The first kappa shape index (κ1) is 35.4. The van der Waals surface area contributed by atoms with Crippen molar-refractivity contribution in [2.24, 2.45) is 0 Å². The number of β-lactam (4-membered cyclic amide) rings is 1. The van der Waals surface area contributed by atoms with Crippen LogP contribution < -0.4 is 5.32 Å². The van der Waals surface area contributed by atoms with E-state index in [1.807, 2.05) is 0 Å². The number of carboxylic acids is 2. The van der Waals surface area contributed by atoms with Crippen LogP contribution in [0.25, 0.3) is 0 Å². The number of fused-ring (bicyclic) bond motifs is 1. The number of thiophene rings is 1. The largest absolute Gasteiger partial charge is 0.480 e. The lowest BCUT2D eigenvalue weighted by atomic mass is 9.99. The van der Waals surface area contributed by atoms with Gasteiger partial charge in [-0.15, -0.1) is 23.1 Å². The Labute approximate surface area is 273 Å². The highest BCUT2D eigenvalue weighted by Gasteiger charge is 2.58. The van der Waals surface area contributed by atoms with Crippen LogP contribution in [0.1, 0.15) is 31.1 Å². The van der Waals surface area contributed by atoms with E-state index >= 15 is 0 Å². The molecule has 0 radical (unpaired) electrons. The summed E-state index contributed by atoms with van der Waals surface area (Å²) < 4.78 is 7.67. The van der Waals surface area contributed by atoms with Crippen molar-refractivity contribution >= 4 is 99.6 Å². The summed E-state index contributed by atoms with van der Waals surface area (Å²) in [5.74, 6) is -5.76. The topological polar surface area (TPSA) is 197 Å². The highest BCUT2D eigenvalue weighted by molar-refractivity contribution is 8.00. The zero-order chi connectivity index (χ0) is 32.8. The summed E-state index contributed by atoms with van der Waals surface area (Å²) in [6.45, 7) is 0.160. The Hall–Kier alpha value is -3.05. The van der Waals surface area contributed by atoms with Crippen molar-refractivity contribution in [1.29, 1.82) is 0 Å². The van der Waals surface area contributed by atoms with E-state index in [2.05, 4.69) is 10.1 Å². The lowest BCUT2D eigenvalue weighted by Gasteiger charge is -2.52. The molecule has 2 unspecified atom stereocenters. The van der Waals surface area contributed by atoms with Gasteiger partial charge in [0.05, 0.1) is 6.42 Å². The summed E-state index contributed by atoms with van der Waals surface area (Å²) in [5.41, 5.74) is -0.200. The number of esters is 1. The first-order valence-corrected chi connectivity index (χ1v) is 15.8. The minimum atomic E-state index is -1.92. The van der Waals surface area contributed by atoms with Gasteiger partial charge in [0.2, 0.25) is 15.6 Å². The van der Waals surface area contributed by atoms with Gasteiger partial charge < -0.3 is 25.0 Å². The molecular formula is C25H26Cl3N3O11S2. The van der Waals surface area contributed by atoms with Crippen LogP contribution in [0.15, 0.2) is 28.8 Å². The third kappa shape index (κ3) is 9.23. The van der Waals surface area contributed by atoms with E-state index in [9.17, 15) is 43.8 Å². The molecule has 1 aromatic heterocycles. The molecule has 2 aliphatic heterocycles. The molecule has 3 N–H and O–H groups in total. The monoisotopic (exact) mass is 713 g/mol. The van der Waals surface area contributed by atoms with Crippen LogP contribution in [0.5, 0.6) is 0 Å². The maximum Gasteiger partial charge on any atom is 0.407 e. The van der Waals surface area contributed by atoms with Crippen molar-refractivity contribution < 1.29 is 53.2 Å². The van der Waals surface area contributed by atoms with E-state index in [1.54, 1.807) is 17.5 Å². The van der Waals surface area contributed by atoms with Crippen LogP contribution >= 0.6 is 57.9 Å². The molecule has 0 saturated carbocycles. The Morgan fingerprint density at radius 3 is 2.43 bits per heavy atom. The molecule has 4 amide bonds. The predicted octanol–water partition coefficient (Wildman–Crippen LogP) is 2.55. The van der Waals surface area contributed by atoms with E-state index in [0.717, 1.165) is 28.5 Å². The second-order valence-electron chi connectivity index (χ2n) is 9.42. The summed E-state index contributed by atoms with van der Waals surface area (Å²) in [7, 11) is 0. The second-order valence-corrected chi connectivity index (χ2v) is 14.1. The minimum Gasteiger partial charge on any atom is -0.480 e. The van der Waals surface area contributed by atoms with Crippen molar-refractivity contribution in [1.82, 2.24) is 15.1 Å². The van der Waals surface area contributed by atoms with Crippen molar-refractivity contribution in [3.63, 3.8) is 0 Å². The molecule has 3 heterocycles. The van der Waals surface area contributed by atoms with Crippen LogP contribution in [0.4, 0.5) is 4.79 Å². The van der Waals surface area contributed by atoms with Gasteiger partial charge in [-0.25, -0.2) is 14.4 Å². The first-order valence-electron chi connectivity index (χ1n) is 12.7. The molecule has 2 aliphatic rings. The Kier molecular flexibility index (Phi) is 12.3. The Morgan fingerprint density at radius 2 is 1.86 bits per heavy atom. The molecule has 3 atom stereocenters. The van der Waals surface area contributed by atoms with Gasteiger partial charge in [0.15, 0.2) is 0 Å². The molecule has 0 aliphatic carbocycles. The normalized spacial score (nSPS) is 18.5. The number of thioether (sulfide) groups is 1. The number of amides is 4. The number of carbonyl (C=O) groups excluding carboxylic acids is 5. The number of rotatable bonds is 13. The zero-order valence-electron chi connectivity index (χ0n) is 22.8. The van der Waals surface area contributed by atoms with Gasteiger partial charge in [-0.1, -0.05) is 40.9 Å². The van der Waals surface area contributed by atoms with Gasteiger partial charge in [-0.2, -0.15) is 0 Å². The van der Waals surface area contributed by atoms with Crippen LogP contribution in [-0.2, 0) is 44.7 Å². The van der Waals surface area contributed by atoms with Crippen molar-refractivity contribution in [2.75, 3.05) is 19.0 Å². The highest BCUT2D eigenvalue weighted by atomic mass is 35.6. The molecular weight excluding hydrogens is 689 g/mol. The summed E-state index contributed by atoms with van der Waals surface area (Å²) in [5, 5.41) is 22.2. The smallest absolute Gasteiger partial charge is 0.407 e. The van der Waals surface area contributed by atoms with Gasteiger partial charge >= 0.3 is 24.0 Å². The number of ether oxygens (including phenoxy) is 2. The standard InChI is InChI=1S/C25H26Cl3N3O11S2/c1-12(32)41-9-13-10-44-21-19(20(35)31(21)18(13)23(38)39)30(17(34)8-14-4-3-7-43-14)16(33)6-2-5-15(22(36)37)29-24(40)42-11-25(26,27)28/h3-4,7,15,19,21H,2,5-6,8-11H2,1H3,(H,29,40)(H,36,37)(H,38,39)/t15?,19?,21-/m0/s1. The molecule has 1 saturated heterocycles. The minimum absolute atomic E-state index is 0.0569. The van der Waals surface area contributed by atoms with E-state index in [0.29, 0.717) is 4.88 Å². The third-order valence-corrected chi connectivity index (χ3v) is 8.76. The van der Waals surface area contributed by atoms with Crippen LogP contribution in [-0.4, -0.2) is 102 Å². The molecule has 0 bridgehead atoms. The van der Waals surface area contributed by atoms with Gasteiger partial charge in [-0.3, -0.25) is 29.0 Å². The maximum absolute atomic E-state index is 13.5. The number of hydrogen-bond donors (Lipinski definition) is 3. The van der Waals surface area contributed by atoms with E-state index in [4.69, 9.17) is 39.5 Å². The number of hydrogen-bond acceptors (Lipinski definition) is 11. The summed E-state index contributed by atoms with van der Waals surface area (Å²) in [6.07, 6.45) is -2.15. The van der Waals surface area contributed by atoms with Gasteiger partial charge in [0.1, 0.15) is 36.4 Å². The van der Waals surface area contributed by atoms with E-state index in [-0.39, 0.29) is 49.3 Å². The van der Waals surface area contributed by atoms with E-state index < -0.39 is 69.6 Å². The molecule has 1 aromatic rings. The number of alkyl carbamates (subject to hydrolysis) is 1. The second kappa shape index (κ2) is 15.3. The van der Waals surface area contributed by atoms with E-state index in [1.165, 1.54) is 11.3 Å². The quantitative estimate of drug-likeness (QED) is 0.154. The van der Waals surface area contributed by atoms with Crippen LogP contribution in [0, 0.1) is 0 Å². The predicted molar refractivity (Wildman–Crippen MR) is 158 cm³/mol. The fourth-order valence-electron chi connectivity index (χ4n) is 4.33. The van der Waals surface area contributed by atoms with Crippen LogP contribution in [0.3, 0.4) is 0 Å². The number of nitrogens with zero attached hydrogens (tertiary/aromatic N) is 2. The molecule has 0 aromatic carbocycles. The van der Waals surface area contributed by atoms with Crippen LogP contribution in [0.2, 0.25) is 0 Å². The molecule has 14 nitrogen and oxygen atoms in total. The number of carboxylic acid groups (broad SMARTS) is 2. The maximum atomic E-state index is 13.5. The lowest BCUT2D eigenvalue weighted by Crippen LogP contribution is -2.72. The number of imide groups is 1. The zero-order valence-corrected chi connectivity index (χ0v) is 26.7. The number of carbonyl (C=O) groups is 7. The Morgan fingerprint density at radius 1 is 1.16 bits per heavy atom. The summed E-state index contributed by atoms with van der Waals surface area (Å²) in [6, 6.07) is 0.565. The average molecular weight is 715 g/mol. The molecule has 0 spiro atoms. The molecule has 3 rings (SSSR count). The fraction of sp³-hybridized carbons (Fsp3) is 0.480. The number of halogens is 3. The average Bonchev–Trinajstić information content (AvgIpc) is 3.44. The fourth-order valence-corrected chi connectivity index (χ4v) is 6.56. The van der Waals surface area contributed by atoms with Gasteiger partial charge in [0.25, 0.3) is 5.91 Å².